The zero-order valence-corrected chi connectivity index (χ0v) is 14.2. The highest BCUT2D eigenvalue weighted by molar-refractivity contribution is 7.09. The fraction of sp³-hybridized carbons (Fsp3) is 0.438. The Labute approximate surface area is 136 Å². The summed E-state index contributed by atoms with van der Waals surface area (Å²) in [5, 5.41) is 6.53. The lowest BCUT2D eigenvalue weighted by molar-refractivity contribution is 0.471. The van der Waals surface area contributed by atoms with Gasteiger partial charge in [-0.15, -0.1) is 11.3 Å². The van der Waals surface area contributed by atoms with E-state index in [1.165, 1.54) is 0 Å². The second-order valence-electron chi connectivity index (χ2n) is 5.02. The molecule has 2 heterocycles. The molecule has 0 aliphatic heterocycles. The summed E-state index contributed by atoms with van der Waals surface area (Å²) in [7, 11) is 2.04. The lowest BCUT2D eigenvalue weighted by atomic mass is 10.3. The summed E-state index contributed by atoms with van der Waals surface area (Å²) in [5.41, 5.74) is 2.15. The molecule has 1 N–H and O–H groups in total. The quantitative estimate of drug-likeness (QED) is 0.657. The van der Waals surface area contributed by atoms with E-state index >= 15 is 0 Å². The number of aryl methyl sites for hydroxylation is 1. The Morgan fingerprint density at radius 2 is 2.23 bits per heavy atom. The second kappa shape index (κ2) is 8.48. The maximum Gasteiger partial charge on any atom is 0.194 e. The van der Waals surface area contributed by atoms with Gasteiger partial charge in [0.25, 0.3) is 0 Å². The van der Waals surface area contributed by atoms with E-state index in [-0.39, 0.29) is 0 Å². The highest BCUT2D eigenvalue weighted by Crippen LogP contribution is 2.09. The van der Waals surface area contributed by atoms with Gasteiger partial charge in [-0.2, -0.15) is 0 Å². The van der Waals surface area contributed by atoms with Crippen LogP contribution in [0.3, 0.4) is 0 Å². The molecule has 0 aliphatic carbocycles. The third kappa shape index (κ3) is 5.11. The largest absolute Gasteiger partial charge is 0.357 e. The first kappa shape index (κ1) is 16.4. The van der Waals surface area contributed by atoms with Gasteiger partial charge in [0.1, 0.15) is 0 Å². The zero-order valence-electron chi connectivity index (χ0n) is 13.4. The Hall–Kier alpha value is -1.95. The molecule has 6 heteroatoms. The normalized spacial score (nSPS) is 11.5. The van der Waals surface area contributed by atoms with Crippen LogP contribution in [0.5, 0.6) is 0 Å². The maximum atomic E-state index is 4.68. The Morgan fingerprint density at radius 3 is 2.86 bits per heavy atom. The maximum absolute atomic E-state index is 4.68. The predicted octanol–water partition coefficient (Wildman–Crippen LogP) is 2.49. The van der Waals surface area contributed by atoms with Crippen LogP contribution in [0.1, 0.15) is 23.3 Å². The van der Waals surface area contributed by atoms with Crippen molar-refractivity contribution in [2.75, 3.05) is 20.1 Å². The summed E-state index contributed by atoms with van der Waals surface area (Å²) in [6.45, 7) is 6.44. The van der Waals surface area contributed by atoms with Crippen molar-refractivity contribution in [1.82, 2.24) is 20.2 Å². The van der Waals surface area contributed by atoms with Gasteiger partial charge in [0, 0.05) is 43.8 Å². The standard InChI is InChI=1S/C16H23N5S/c1-4-17-16(19-10-8-14-7-5-6-9-18-14)21(3)11-15-12-22-13(2)20-15/h5-7,9,12H,4,8,10-11H2,1-3H3,(H,17,19). The highest BCUT2D eigenvalue weighted by Gasteiger charge is 2.08. The molecule has 2 aromatic rings. The minimum atomic E-state index is 0.722. The SMILES string of the molecule is CCNC(=NCCc1ccccn1)N(C)Cc1csc(C)n1. The van der Waals surface area contributed by atoms with Crippen molar-refractivity contribution in [1.29, 1.82) is 0 Å². The molecule has 0 saturated heterocycles. The first-order chi connectivity index (χ1) is 10.7. The van der Waals surface area contributed by atoms with Gasteiger partial charge >= 0.3 is 0 Å². The van der Waals surface area contributed by atoms with Crippen molar-refractivity contribution in [3.63, 3.8) is 0 Å². The van der Waals surface area contributed by atoms with Gasteiger partial charge in [-0.3, -0.25) is 9.98 Å². The summed E-state index contributed by atoms with van der Waals surface area (Å²) in [5.74, 6) is 0.907. The predicted molar refractivity (Wildman–Crippen MR) is 92.2 cm³/mol. The Kier molecular flexibility index (Phi) is 6.33. The van der Waals surface area contributed by atoms with Gasteiger partial charge in [-0.1, -0.05) is 6.07 Å². The van der Waals surface area contributed by atoms with Gasteiger partial charge in [0.15, 0.2) is 5.96 Å². The fourth-order valence-corrected chi connectivity index (χ4v) is 2.69. The molecule has 5 nitrogen and oxygen atoms in total. The van der Waals surface area contributed by atoms with Crippen molar-refractivity contribution in [2.24, 2.45) is 4.99 Å². The van der Waals surface area contributed by atoms with Crippen molar-refractivity contribution in [2.45, 2.75) is 26.8 Å². The van der Waals surface area contributed by atoms with Crippen LogP contribution in [0.4, 0.5) is 0 Å². The molecule has 0 aromatic carbocycles. The number of hydrogen-bond donors (Lipinski definition) is 1. The minimum Gasteiger partial charge on any atom is -0.357 e. The van der Waals surface area contributed by atoms with E-state index in [1.807, 2.05) is 38.4 Å². The minimum absolute atomic E-state index is 0.722. The van der Waals surface area contributed by atoms with Crippen LogP contribution in [0, 0.1) is 6.92 Å². The molecule has 118 valence electrons. The number of aliphatic imine (C=N–C) groups is 1. The summed E-state index contributed by atoms with van der Waals surface area (Å²) in [6, 6.07) is 5.97. The topological polar surface area (TPSA) is 53.4 Å². The van der Waals surface area contributed by atoms with E-state index in [1.54, 1.807) is 11.3 Å². The first-order valence-electron chi connectivity index (χ1n) is 7.49. The van der Waals surface area contributed by atoms with Crippen molar-refractivity contribution >= 4 is 17.3 Å². The summed E-state index contributed by atoms with van der Waals surface area (Å²) >= 11 is 1.68. The number of guanidine groups is 1. The van der Waals surface area contributed by atoms with Crippen LogP contribution in [0.2, 0.25) is 0 Å². The molecule has 0 radical (unpaired) electrons. The van der Waals surface area contributed by atoms with Crippen LogP contribution in [0.25, 0.3) is 0 Å². The number of nitrogens with one attached hydrogen (secondary N) is 1. The summed E-state index contributed by atoms with van der Waals surface area (Å²) in [4.78, 5) is 15.6. The lowest BCUT2D eigenvalue weighted by Gasteiger charge is -2.21. The number of aromatic nitrogens is 2. The molecular weight excluding hydrogens is 294 g/mol. The molecule has 0 amide bonds. The number of hydrogen-bond acceptors (Lipinski definition) is 4. The van der Waals surface area contributed by atoms with E-state index in [2.05, 4.69) is 37.5 Å². The van der Waals surface area contributed by atoms with E-state index in [0.717, 1.165) is 48.4 Å². The highest BCUT2D eigenvalue weighted by atomic mass is 32.1. The van der Waals surface area contributed by atoms with Gasteiger partial charge < -0.3 is 10.2 Å². The van der Waals surface area contributed by atoms with Gasteiger partial charge in [0.2, 0.25) is 0 Å². The van der Waals surface area contributed by atoms with E-state index < -0.39 is 0 Å². The Bertz CT molecular complexity index is 594. The van der Waals surface area contributed by atoms with Crippen molar-refractivity contribution in [3.8, 4) is 0 Å². The lowest BCUT2D eigenvalue weighted by Crippen LogP contribution is -2.38. The molecule has 0 spiro atoms. The molecule has 0 aliphatic rings. The van der Waals surface area contributed by atoms with Crippen LogP contribution in [-0.4, -0.2) is 41.0 Å². The third-order valence-electron chi connectivity index (χ3n) is 3.12. The summed E-state index contributed by atoms with van der Waals surface area (Å²) < 4.78 is 0. The zero-order chi connectivity index (χ0) is 15.8. The molecule has 0 fully saturated rings. The average molecular weight is 317 g/mol. The first-order valence-corrected chi connectivity index (χ1v) is 8.37. The van der Waals surface area contributed by atoms with E-state index in [9.17, 15) is 0 Å². The fourth-order valence-electron chi connectivity index (χ4n) is 2.09. The monoisotopic (exact) mass is 317 g/mol. The molecule has 2 rings (SSSR count). The molecule has 0 saturated carbocycles. The summed E-state index contributed by atoms with van der Waals surface area (Å²) in [6.07, 6.45) is 2.67. The van der Waals surface area contributed by atoms with Crippen LogP contribution in [-0.2, 0) is 13.0 Å². The van der Waals surface area contributed by atoms with Crippen LogP contribution < -0.4 is 5.32 Å². The Morgan fingerprint density at radius 1 is 1.36 bits per heavy atom. The number of nitrogens with zero attached hydrogens (tertiary/aromatic N) is 4. The van der Waals surface area contributed by atoms with Gasteiger partial charge in [0.05, 0.1) is 17.2 Å². The average Bonchev–Trinajstić information content (AvgIpc) is 2.92. The van der Waals surface area contributed by atoms with Crippen LogP contribution >= 0.6 is 11.3 Å². The second-order valence-corrected chi connectivity index (χ2v) is 6.08. The number of pyridine rings is 1. The number of rotatable bonds is 6. The number of thiazole rings is 1. The molecule has 0 bridgehead atoms. The van der Waals surface area contributed by atoms with E-state index in [4.69, 9.17) is 0 Å². The molecule has 0 unspecified atom stereocenters. The van der Waals surface area contributed by atoms with E-state index in [0.29, 0.717) is 0 Å². The van der Waals surface area contributed by atoms with Gasteiger partial charge in [-0.05, 0) is 26.0 Å². The smallest absolute Gasteiger partial charge is 0.194 e. The third-order valence-corrected chi connectivity index (χ3v) is 3.94. The van der Waals surface area contributed by atoms with Gasteiger partial charge in [-0.25, -0.2) is 4.98 Å². The van der Waals surface area contributed by atoms with Crippen molar-refractivity contribution < 1.29 is 0 Å². The molecular formula is C16H23N5S. The van der Waals surface area contributed by atoms with Crippen LogP contribution in [0.15, 0.2) is 34.8 Å². The molecule has 22 heavy (non-hydrogen) atoms. The Balaban J connectivity index is 1.93. The molecule has 0 atom stereocenters. The molecule has 2 aromatic heterocycles. The van der Waals surface area contributed by atoms with Crippen molar-refractivity contribution in [3.05, 3.63) is 46.2 Å².